The summed E-state index contributed by atoms with van der Waals surface area (Å²) in [5.74, 6) is 0.855. The molecule has 0 bridgehead atoms. The van der Waals surface area contributed by atoms with E-state index in [0.29, 0.717) is 16.6 Å². The molecule has 1 aromatic heterocycles. The molecule has 1 heterocycles. The van der Waals surface area contributed by atoms with Gasteiger partial charge in [-0.15, -0.1) is 5.10 Å². The van der Waals surface area contributed by atoms with Gasteiger partial charge in [-0.05, 0) is 35.8 Å². The van der Waals surface area contributed by atoms with Crippen molar-refractivity contribution in [2.45, 2.75) is 19.8 Å². The van der Waals surface area contributed by atoms with Gasteiger partial charge in [-0.2, -0.15) is 0 Å². The summed E-state index contributed by atoms with van der Waals surface area (Å²) in [5, 5.41) is 6.57. The quantitative estimate of drug-likeness (QED) is 0.785. The minimum absolute atomic E-state index is 0.380. The fraction of sp³-hybridized carbons (Fsp3) is 0.273. The van der Waals surface area contributed by atoms with Crippen LogP contribution in [0.5, 0.6) is 0 Å². The highest BCUT2D eigenvalue weighted by Crippen LogP contribution is 2.19. The molecule has 0 radical (unpaired) electrons. The van der Waals surface area contributed by atoms with Crippen molar-refractivity contribution in [3.05, 3.63) is 34.6 Å². The smallest absolute Gasteiger partial charge is 0.225 e. The lowest BCUT2D eigenvalue weighted by atomic mass is 10.0. The molecule has 2 aromatic rings. The van der Waals surface area contributed by atoms with E-state index in [2.05, 4.69) is 36.2 Å². The Morgan fingerprint density at radius 3 is 2.75 bits per heavy atom. The molecule has 0 saturated heterocycles. The van der Waals surface area contributed by atoms with Gasteiger partial charge in [0.2, 0.25) is 10.7 Å². The van der Waals surface area contributed by atoms with E-state index in [9.17, 15) is 0 Å². The first-order valence-electron chi connectivity index (χ1n) is 5.13. The van der Waals surface area contributed by atoms with Crippen molar-refractivity contribution in [2.75, 3.05) is 5.73 Å². The Balaban J connectivity index is 2.57. The van der Waals surface area contributed by atoms with Crippen LogP contribution in [-0.2, 0) is 0 Å². The lowest BCUT2D eigenvalue weighted by molar-refractivity contribution is 0.862. The van der Waals surface area contributed by atoms with E-state index in [0.717, 1.165) is 5.69 Å². The molecule has 4 nitrogen and oxygen atoms in total. The number of hydrogen-bond acceptors (Lipinski definition) is 3. The number of hydrogen-bond donors (Lipinski definition) is 2. The van der Waals surface area contributed by atoms with Crippen LogP contribution in [0.15, 0.2) is 24.3 Å². The maximum Gasteiger partial charge on any atom is 0.225 e. The number of nitrogens with zero attached hydrogens (tertiary/aromatic N) is 2. The molecule has 0 amide bonds. The molecule has 2 rings (SSSR count). The van der Waals surface area contributed by atoms with Crippen molar-refractivity contribution in [1.82, 2.24) is 14.8 Å². The molecule has 5 heteroatoms. The van der Waals surface area contributed by atoms with E-state index >= 15 is 0 Å². The van der Waals surface area contributed by atoms with Gasteiger partial charge in [0, 0.05) is 0 Å². The van der Waals surface area contributed by atoms with Gasteiger partial charge in [0.25, 0.3) is 0 Å². The Kier molecular flexibility index (Phi) is 2.78. The van der Waals surface area contributed by atoms with Gasteiger partial charge in [-0.25, -0.2) is 5.10 Å². The number of nitrogens with one attached hydrogen (secondary N) is 1. The average molecular weight is 234 g/mol. The van der Waals surface area contributed by atoms with Crippen LogP contribution in [0.2, 0.25) is 0 Å². The summed E-state index contributed by atoms with van der Waals surface area (Å²) < 4.78 is 2.24. The number of anilines is 1. The number of aromatic nitrogens is 3. The van der Waals surface area contributed by atoms with E-state index in [1.807, 2.05) is 12.1 Å². The number of nitrogens with two attached hydrogens (primary N) is 1. The average Bonchev–Trinajstić information content (AvgIpc) is 2.59. The first-order chi connectivity index (χ1) is 7.59. The van der Waals surface area contributed by atoms with E-state index in [1.54, 1.807) is 4.57 Å². The van der Waals surface area contributed by atoms with Gasteiger partial charge in [-0.1, -0.05) is 26.0 Å². The molecule has 0 fully saturated rings. The van der Waals surface area contributed by atoms with E-state index in [4.69, 9.17) is 18.0 Å². The molecule has 3 N–H and O–H groups in total. The Morgan fingerprint density at radius 2 is 2.19 bits per heavy atom. The highest BCUT2D eigenvalue weighted by atomic mass is 32.1. The third-order valence-corrected chi connectivity index (χ3v) is 2.77. The summed E-state index contributed by atoms with van der Waals surface area (Å²) in [5.41, 5.74) is 7.95. The van der Waals surface area contributed by atoms with Crippen LogP contribution in [0.4, 0.5) is 5.95 Å². The van der Waals surface area contributed by atoms with Crippen molar-refractivity contribution in [2.24, 2.45) is 0 Å². The van der Waals surface area contributed by atoms with E-state index in [1.165, 1.54) is 5.56 Å². The predicted molar refractivity (Wildman–Crippen MR) is 67.3 cm³/mol. The van der Waals surface area contributed by atoms with Crippen LogP contribution in [-0.4, -0.2) is 14.8 Å². The van der Waals surface area contributed by atoms with Crippen LogP contribution in [0.3, 0.4) is 0 Å². The monoisotopic (exact) mass is 234 g/mol. The SMILES string of the molecule is CC(C)c1cccc(-n2c(N)n[nH]c2=S)c1. The molecule has 0 aliphatic rings. The van der Waals surface area contributed by atoms with Gasteiger partial charge < -0.3 is 5.73 Å². The number of aromatic amines is 1. The Bertz CT molecular complexity index is 553. The lowest BCUT2D eigenvalue weighted by Gasteiger charge is -2.09. The van der Waals surface area contributed by atoms with Gasteiger partial charge in [-0.3, -0.25) is 4.57 Å². The van der Waals surface area contributed by atoms with Crippen molar-refractivity contribution in [3.8, 4) is 5.69 Å². The summed E-state index contributed by atoms with van der Waals surface area (Å²) in [6.45, 7) is 4.30. The topological polar surface area (TPSA) is 59.6 Å². The van der Waals surface area contributed by atoms with Crippen molar-refractivity contribution < 1.29 is 0 Å². The number of nitrogen functional groups attached to an aromatic ring is 1. The zero-order valence-corrected chi connectivity index (χ0v) is 10.1. The Morgan fingerprint density at radius 1 is 1.44 bits per heavy atom. The predicted octanol–water partition coefficient (Wildman–Crippen LogP) is 2.64. The van der Waals surface area contributed by atoms with Gasteiger partial charge >= 0.3 is 0 Å². The third kappa shape index (κ3) is 1.86. The van der Waals surface area contributed by atoms with Crippen LogP contribution in [0.1, 0.15) is 25.3 Å². The zero-order chi connectivity index (χ0) is 11.7. The number of benzene rings is 1. The second-order valence-corrected chi connectivity index (χ2v) is 4.36. The molecule has 0 atom stereocenters. The summed E-state index contributed by atoms with van der Waals surface area (Å²) >= 11 is 5.13. The third-order valence-electron chi connectivity index (χ3n) is 2.49. The van der Waals surface area contributed by atoms with E-state index < -0.39 is 0 Å². The van der Waals surface area contributed by atoms with Crippen molar-refractivity contribution >= 4 is 18.2 Å². The zero-order valence-electron chi connectivity index (χ0n) is 9.27. The molecule has 84 valence electrons. The molecule has 0 spiro atoms. The summed E-state index contributed by atoms with van der Waals surface area (Å²) in [4.78, 5) is 0. The van der Waals surface area contributed by atoms with Gasteiger partial charge in [0.1, 0.15) is 0 Å². The number of H-pyrrole nitrogens is 1. The standard InChI is InChI=1S/C11H14N4S/c1-7(2)8-4-3-5-9(6-8)15-10(12)13-14-11(15)16/h3-7H,1-2H3,(H2,12,13)(H,14,16). The molecule has 0 saturated carbocycles. The van der Waals surface area contributed by atoms with E-state index in [-0.39, 0.29) is 0 Å². The summed E-state index contributed by atoms with van der Waals surface area (Å²) in [7, 11) is 0. The fourth-order valence-electron chi connectivity index (χ4n) is 1.58. The van der Waals surface area contributed by atoms with Crippen molar-refractivity contribution in [1.29, 1.82) is 0 Å². The van der Waals surface area contributed by atoms with Crippen LogP contribution >= 0.6 is 12.2 Å². The van der Waals surface area contributed by atoms with Crippen LogP contribution in [0, 0.1) is 4.77 Å². The van der Waals surface area contributed by atoms with Gasteiger partial charge in [0.15, 0.2) is 0 Å². The van der Waals surface area contributed by atoms with Crippen molar-refractivity contribution in [3.63, 3.8) is 0 Å². The largest absolute Gasteiger partial charge is 0.368 e. The first-order valence-corrected chi connectivity index (χ1v) is 5.53. The second kappa shape index (κ2) is 4.09. The first kappa shape index (κ1) is 10.9. The number of rotatable bonds is 2. The summed E-state index contributed by atoms with van der Waals surface area (Å²) in [6.07, 6.45) is 0. The lowest BCUT2D eigenvalue weighted by Crippen LogP contribution is -2.01. The maximum absolute atomic E-state index is 5.75. The molecule has 1 aromatic carbocycles. The van der Waals surface area contributed by atoms with Crippen LogP contribution < -0.4 is 5.73 Å². The molecule has 0 unspecified atom stereocenters. The molecular formula is C11H14N4S. The Labute approximate surface area is 99.1 Å². The molecule has 0 aliphatic heterocycles. The Hall–Kier alpha value is -1.62. The highest BCUT2D eigenvalue weighted by molar-refractivity contribution is 7.71. The summed E-state index contributed by atoms with van der Waals surface area (Å²) in [6, 6.07) is 8.13. The minimum atomic E-state index is 0.380. The highest BCUT2D eigenvalue weighted by Gasteiger charge is 2.06. The molecule has 16 heavy (non-hydrogen) atoms. The van der Waals surface area contributed by atoms with Crippen LogP contribution in [0.25, 0.3) is 5.69 Å². The molecule has 0 aliphatic carbocycles. The minimum Gasteiger partial charge on any atom is -0.368 e. The fourth-order valence-corrected chi connectivity index (χ4v) is 1.83. The van der Waals surface area contributed by atoms with Gasteiger partial charge in [0.05, 0.1) is 5.69 Å². The maximum atomic E-state index is 5.75. The normalized spacial score (nSPS) is 10.9. The molecular weight excluding hydrogens is 220 g/mol. The second-order valence-electron chi connectivity index (χ2n) is 3.97.